The number of aromatic hydroxyl groups is 1. The molecule has 6 aromatic carbocycles. The molecule has 0 spiro atoms. The van der Waals surface area contributed by atoms with Crippen LogP contribution in [0.1, 0.15) is 67.4 Å². The van der Waals surface area contributed by atoms with Gasteiger partial charge in [-0.15, -0.1) is 0 Å². The number of phenols is 1. The Hall–Kier alpha value is -8.44. The van der Waals surface area contributed by atoms with Crippen molar-refractivity contribution in [1.82, 2.24) is 42.2 Å². The molecule has 0 radical (unpaired) electrons. The summed E-state index contributed by atoms with van der Waals surface area (Å²) in [7, 11) is 2.11. The van der Waals surface area contributed by atoms with Gasteiger partial charge >= 0.3 is 0 Å². The van der Waals surface area contributed by atoms with Crippen LogP contribution in [-0.2, 0) is 51.2 Å². The highest BCUT2D eigenvalue weighted by Gasteiger charge is 2.37. The number of primary amides is 1. The maximum Gasteiger partial charge on any atom is 0.244 e. The third-order valence-electron chi connectivity index (χ3n) is 14.5. The number of hydrogen-bond acceptors (Lipinski definition) is 13. The van der Waals surface area contributed by atoms with Gasteiger partial charge in [-0.1, -0.05) is 151 Å². The molecule has 434 valence electrons. The van der Waals surface area contributed by atoms with E-state index in [1.807, 2.05) is 72.8 Å². The number of nitrogens with two attached hydrogens (primary N) is 3. The predicted molar refractivity (Wildman–Crippen MR) is 323 cm³/mol. The van der Waals surface area contributed by atoms with E-state index in [9.17, 15) is 38.7 Å². The van der Waals surface area contributed by atoms with Crippen LogP contribution in [-0.4, -0.2) is 112 Å². The van der Waals surface area contributed by atoms with Gasteiger partial charge in [-0.2, -0.15) is 0 Å². The molecular weight excluding hydrogens is 1090 g/mol. The highest BCUT2D eigenvalue weighted by atomic mass is 33.1. The standard InChI is InChI=1S/C61H69N11O9S2/c1-34(2)52-61(81)70-50(59(79)72-53(54(64)74)44-21-12-16-37-14-4-6-18-41(37)44)33-83-82-32-49(69-60(80)51(63)43-20-11-15-36-13-3-5-17-40(36)43)58(78)67-47(29-35-24-26-39(73)27-25-35)56(76)68-48(30-38-31-65-45-22-8-7-19-42(38)45)57(77)66-46(55(75)71-52)23-9-10-28-62/h3-8,11-22,24-27,31,34,46-53,65,73H,9-10,23,28-30,32-33,62-63H2,1-2H3,(H2,64,74)(H,66,77)(H,67,78)(H,68,76)(H,69,80)(H,70,81)(H,71,75)(H,72,79)/t46-,47-,48?,49?,50?,51-,52?,53+/m0/s1. The van der Waals surface area contributed by atoms with Crippen LogP contribution in [0.3, 0.4) is 0 Å². The second kappa shape index (κ2) is 28.5. The summed E-state index contributed by atoms with van der Waals surface area (Å²) in [6.07, 6.45) is 2.41. The number of nitrogens with one attached hydrogen (secondary N) is 8. The number of carbonyl (C=O) groups is 8. The molecule has 22 heteroatoms. The Kier molecular flexibility index (Phi) is 20.8. The lowest BCUT2D eigenvalue weighted by atomic mass is 9.98. The number of phenolic OH excluding ortho intramolecular Hbond substituents is 1. The van der Waals surface area contributed by atoms with Crippen LogP contribution in [0.4, 0.5) is 0 Å². The molecule has 7 aromatic rings. The Morgan fingerprint density at radius 2 is 1.19 bits per heavy atom. The first-order valence-corrected chi connectivity index (χ1v) is 29.9. The first-order chi connectivity index (χ1) is 40.0. The molecule has 0 bridgehead atoms. The van der Waals surface area contributed by atoms with Gasteiger partial charge in [-0.05, 0) is 93.7 Å². The van der Waals surface area contributed by atoms with Gasteiger partial charge in [0.25, 0.3) is 0 Å². The smallest absolute Gasteiger partial charge is 0.244 e. The van der Waals surface area contributed by atoms with E-state index in [-0.39, 0.29) is 43.1 Å². The van der Waals surface area contributed by atoms with Crippen LogP contribution >= 0.6 is 21.6 Å². The van der Waals surface area contributed by atoms with Crippen LogP contribution in [0, 0.1) is 5.92 Å². The zero-order chi connectivity index (χ0) is 59.2. The molecule has 1 fully saturated rings. The number of rotatable bonds is 16. The maximum absolute atomic E-state index is 15.0. The Labute approximate surface area is 487 Å². The number of para-hydroxylation sites is 1. The first-order valence-electron chi connectivity index (χ1n) is 27.4. The lowest BCUT2D eigenvalue weighted by molar-refractivity contribution is -0.136. The fourth-order valence-corrected chi connectivity index (χ4v) is 12.3. The van der Waals surface area contributed by atoms with Crippen molar-refractivity contribution in [3.63, 3.8) is 0 Å². The van der Waals surface area contributed by atoms with Crippen molar-refractivity contribution in [3.8, 4) is 5.75 Å². The van der Waals surface area contributed by atoms with E-state index in [0.717, 1.165) is 43.3 Å². The maximum atomic E-state index is 15.0. The van der Waals surface area contributed by atoms with Crippen molar-refractivity contribution in [1.29, 1.82) is 0 Å². The first kappa shape index (κ1) is 60.7. The highest BCUT2D eigenvalue weighted by molar-refractivity contribution is 8.76. The highest BCUT2D eigenvalue weighted by Crippen LogP contribution is 2.29. The number of aromatic nitrogens is 1. The molecule has 4 unspecified atom stereocenters. The molecule has 8 amide bonds. The topological polar surface area (TPSA) is 335 Å². The average Bonchev–Trinajstić information content (AvgIpc) is 4.03. The van der Waals surface area contributed by atoms with E-state index in [4.69, 9.17) is 17.2 Å². The molecule has 1 aliphatic rings. The minimum absolute atomic E-state index is 0.0460. The van der Waals surface area contributed by atoms with Gasteiger partial charge in [0.1, 0.15) is 54.1 Å². The predicted octanol–water partition coefficient (Wildman–Crippen LogP) is 4.10. The monoisotopic (exact) mass is 1160 g/mol. The quantitative estimate of drug-likeness (QED) is 0.0480. The molecule has 83 heavy (non-hydrogen) atoms. The fourth-order valence-electron chi connectivity index (χ4n) is 10.0. The number of aromatic amines is 1. The zero-order valence-corrected chi connectivity index (χ0v) is 47.5. The molecule has 2 heterocycles. The summed E-state index contributed by atoms with van der Waals surface area (Å²) in [6.45, 7) is 3.67. The number of carbonyl (C=O) groups excluding carboxylic acids is 8. The van der Waals surface area contributed by atoms with E-state index < -0.39 is 102 Å². The SMILES string of the molecule is CC(C)C1NC(=O)[C@H](CCCCN)NC(=O)C(Cc2c[nH]c3ccccc23)NC(=O)[C@H](Cc2ccc(O)cc2)NC(=O)C(NC(=O)[C@@H](N)c2cccc3ccccc23)CSSCC(C(=O)N[C@@H](C(N)=O)c2cccc3ccccc23)NC1=O. The molecule has 1 aromatic heterocycles. The van der Waals surface area contributed by atoms with Crippen LogP contribution < -0.4 is 54.4 Å². The second-order valence-electron chi connectivity index (χ2n) is 20.8. The van der Waals surface area contributed by atoms with E-state index in [1.54, 1.807) is 68.6 Å². The molecule has 0 saturated carbocycles. The summed E-state index contributed by atoms with van der Waals surface area (Å²) in [5.41, 5.74) is 21.4. The number of unbranched alkanes of at least 4 members (excludes halogenated alkanes) is 1. The Balaban J connectivity index is 1.18. The Bertz CT molecular complexity index is 3480. The van der Waals surface area contributed by atoms with E-state index in [2.05, 4.69) is 42.2 Å². The summed E-state index contributed by atoms with van der Waals surface area (Å²) >= 11 is 0. The largest absolute Gasteiger partial charge is 0.508 e. The summed E-state index contributed by atoms with van der Waals surface area (Å²) in [5.74, 6) is -7.30. The summed E-state index contributed by atoms with van der Waals surface area (Å²) in [5, 5.41) is 33.7. The van der Waals surface area contributed by atoms with Gasteiger partial charge in [-0.25, -0.2) is 0 Å². The van der Waals surface area contributed by atoms with E-state index in [1.165, 1.54) is 12.1 Å². The van der Waals surface area contributed by atoms with Gasteiger partial charge < -0.3 is 64.5 Å². The molecule has 20 nitrogen and oxygen atoms in total. The van der Waals surface area contributed by atoms with Crippen LogP contribution in [0.5, 0.6) is 5.75 Å². The number of fused-ring (bicyclic) bond motifs is 3. The van der Waals surface area contributed by atoms with E-state index >= 15 is 4.79 Å². The molecule has 1 aliphatic heterocycles. The van der Waals surface area contributed by atoms with Gasteiger partial charge in [0.2, 0.25) is 47.3 Å². The Morgan fingerprint density at radius 3 is 1.86 bits per heavy atom. The molecule has 15 N–H and O–H groups in total. The molecular formula is C61H69N11O9S2. The van der Waals surface area contributed by atoms with Crippen LogP contribution in [0.15, 0.2) is 140 Å². The number of amides is 8. The average molecular weight is 1160 g/mol. The van der Waals surface area contributed by atoms with Gasteiger partial charge in [0.05, 0.1) is 0 Å². The zero-order valence-electron chi connectivity index (χ0n) is 45.9. The summed E-state index contributed by atoms with van der Waals surface area (Å²) in [6, 6.07) is 27.8. The third kappa shape index (κ3) is 15.6. The van der Waals surface area contributed by atoms with Crippen molar-refractivity contribution >= 4 is 101 Å². The normalized spacial score (nSPS) is 20.5. The number of benzene rings is 6. The Morgan fingerprint density at radius 1 is 0.627 bits per heavy atom. The fraction of sp³-hybridized carbons (Fsp3) is 0.311. The minimum atomic E-state index is -1.42. The van der Waals surface area contributed by atoms with Gasteiger partial charge in [0.15, 0.2) is 0 Å². The van der Waals surface area contributed by atoms with Crippen molar-refractivity contribution in [2.24, 2.45) is 23.1 Å². The summed E-state index contributed by atoms with van der Waals surface area (Å²) in [4.78, 5) is 120. The van der Waals surface area contributed by atoms with Gasteiger partial charge in [0, 0.05) is 41.4 Å². The van der Waals surface area contributed by atoms with Crippen molar-refractivity contribution < 1.29 is 43.5 Å². The van der Waals surface area contributed by atoms with Crippen molar-refractivity contribution in [2.75, 3.05) is 18.1 Å². The summed E-state index contributed by atoms with van der Waals surface area (Å²) < 4.78 is 0. The van der Waals surface area contributed by atoms with E-state index in [0.29, 0.717) is 45.9 Å². The molecule has 1 saturated heterocycles. The number of hydrogen-bond donors (Lipinski definition) is 12. The van der Waals surface area contributed by atoms with Gasteiger partial charge in [-0.3, -0.25) is 38.4 Å². The third-order valence-corrected chi connectivity index (χ3v) is 17.0. The molecule has 8 rings (SSSR count). The second-order valence-corrected chi connectivity index (χ2v) is 23.3. The molecule has 0 aliphatic carbocycles. The lowest BCUT2D eigenvalue weighted by Crippen LogP contribution is -2.61. The van der Waals surface area contributed by atoms with Crippen molar-refractivity contribution in [2.45, 2.75) is 94.3 Å². The van der Waals surface area contributed by atoms with Crippen molar-refractivity contribution in [3.05, 3.63) is 162 Å². The lowest BCUT2D eigenvalue weighted by Gasteiger charge is -2.29. The number of H-pyrrole nitrogens is 1. The molecule has 8 atom stereocenters. The van der Waals surface area contributed by atoms with Crippen LogP contribution in [0.25, 0.3) is 32.4 Å². The minimum Gasteiger partial charge on any atom is -0.508 e. The van der Waals surface area contributed by atoms with Crippen LogP contribution in [0.2, 0.25) is 0 Å².